The number of carbonyl (C=O) groups is 1. The van der Waals surface area contributed by atoms with Gasteiger partial charge in [-0.25, -0.2) is 17.8 Å². The van der Waals surface area contributed by atoms with Crippen molar-refractivity contribution in [3.63, 3.8) is 0 Å². The van der Waals surface area contributed by atoms with Crippen LogP contribution in [-0.2, 0) is 14.8 Å². The number of hydrogen-bond donors (Lipinski definition) is 2. The molecule has 8 nitrogen and oxygen atoms in total. The Kier molecular flexibility index (Phi) is 3.43. The normalized spacial score (nSPS) is 20.3. The van der Waals surface area contributed by atoms with Gasteiger partial charge >= 0.3 is 0 Å². The molecular formula is C12H13N5O3S. The summed E-state index contributed by atoms with van der Waals surface area (Å²) in [5.74, 6) is -0.201. The van der Waals surface area contributed by atoms with Crippen molar-refractivity contribution < 1.29 is 13.2 Å². The highest BCUT2D eigenvalue weighted by atomic mass is 32.2. The molecule has 2 aromatic rings. The number of aromatic nitrogens is 3. The van der Waals surface area contributed by atoms with Crippen molar-refractivity contribution in [3.8, 4) is 5.69 Å². The maximum Gasteiger partial charge on any atom is 0.243 e. The maximum atomic E-state index is 11.9. The number of nitrogens with one attached hydrogen (secondary N) is 2. The molecule has 2 N–H and O–H groups in total. The SMILES string of the molecule is O=C(Nc1cn(-c2ccccc2)nn1)C1CCS(=O)(=O)N1. The van der Waals surface area contributed by atoms with Crippen molar-refractivity contribution in [1.29, 1.82) is 0 Å². The fourth-order valence-electron chi connectivity index (χ4n) is 2.03. The summed E-state index contributed by atoms with van der Waals surface area (Å²) in [6, 6.07) is 8.56. The van der Waals surface area contributed by atoms with Crippen molar-refractivity contribution in [2.24, 2.45) is 0 Å². The van der Waals surface area contributed by atoms with Crippen molar-refractivity contribution in [3.05, 3.63) is 36.5 Å². The zero-order chi connectivity index (χ0) is 14.9. The predicted molar refractivity (Wildman–Crippen MR) is 75.3 cm³/mol. The van der Waals surface area contributed by atoms with Gasteiger partial charge in [0.05, 0.1) is 17.6 Å². The monoisotopic (exact) mass is 307 g/mol. The van der Waals surface area contributed by atoms with Gasteiger partial charge in [0.15, 0.2) is 5.82 Å². The molecule has 1 amide bonds. The second kappa shape index (κ2) is 5.26. The summed E-state index contributed by atoms with van der Waals surface area (Å²) in [6.45, 7) is 0. The third-order valence-electron chi connectivity index (χ3n) is 3.08. The van der Waals surface area contributed by atoms with Crippen LogP contribution in [0.25, 0.3) is 5.69 Å². The predicted octanol–water partition coefficient (Wildman–Crippen LogP) is -0.102. The van der Waals surface area contributed by atoms with Gasteiger partial charge in [-0.15, -0.1) is 5.10 Å². The molecule has 110 valence electrons. The molecule has 3 rings (SSSR count). The molecule has 1 saturated heterocycles. The molecule has 2 heterocycles. The Hall–Kier alpha value is -2.26. The number of anilines is 1. The molecule has 0 bridgehead atoms. The number of sulfonamides is 1. The molecule has 0 saturated carbocycles. The molecule has 1 aliphatic heterocycles. The van der Waals surface area contributed by atoms with Gasteiger partial charge in [-0.3, -0.25) is 4.79 Å². The number of nitrogens with zero attached hydrogens (tertiary/aromatic N) is 3. The van der Waals surface area contributed by atoms with Crippen molar-refractivity contribution in [1.82, 2.24) is 19.7 Å². The highest BCUT2D eigenvalue weighted by Gasteiger charge is 2.32. The second-order valence-electron chi connectivity index (χ2n) is 4.65. The molecule has 0 radical (unpaired) electrons. The van der Waals surface area contributed by atoms with E-state index in [-0.39, 0.29) is 18.0 Å². The third-order valence-corrected chi connectivity index (χ3v) is 4.50. The van der Waals surface area contributed by atoms with Gasteiger partial charge in [-0.2, -0.15) is 0 Å². The minimum atomic E-state index is -3.32. The Morgan fingerprint density at radius 2 is 2.10 bits per heavy atom. The van der Waals surface area contributed by atoms with Crippen LogP contribution < -0.4 is 10.0 Å². The van der Waals surface area contributed by atoms with Crippen LogP contribution in [0.3, 0.4) is 0 Å². The number of carbonyl (C=O) groups excluding carboxylic acids is 1. The van der Waals surface area contributed by atoms with E-state index >= 15 is 0 Å². The van der Waals surface area contributed by atoms with Gasteiger partial charge in [0.2, 0.25) is 15.9 Å². The van der Waals surface area contributed by atoms with E-state index in [1.165, 1.54) is 4.68 Å². The van der Waals surface area contributed by atoms with E-state index in [0.29, 0.717) is 0 Å². The average Bonchev–Trinajstić information content (AvgIpc) is 3.06. The van der Waals surface area contributed by atoms with Crippen molar-refractivity contribution >= 4 is 21.7 Å². The smallest absolute Gasteiger partial charge is 0.243 e. The summed E-state index contributed by atoms with van der Waals surface area (Å²) < 4.78 is 26.3. The van der Waals surface area contributed by atoms with E-state index in [2.05, 4.69) is 20.4 Å². The van der Waals surface area contributed by atoms with Crippen LogP contribution >= 0.6 is 0 Å². The molecule has 1 atom stereocenters. The Morgan fingerprint density at radius 3 is 2.76 bits per heavy atom. The fourth-order valence-corrected chi connectivity index (χ4v) is 3.36. The van der Waals surface area contributed by atoms with Crippen LogP contribution in [0.4, 0.5) is 5.82 Å². The Balaban J connectivity index is 1.69. The number of amides is 1. The Labute approximate surface area is 121 Å². The van der Waals surface area contributed by atoms with Gasteiger partial charge in [0.25, 0.3) is 0 Å². The number of para-hydroxylation sites is 1. The molecule has 1 aromatic carbocycles. The lowest BCUT2D eigenvalue weighted by molar-refractivity contribution is -0.117. The first kappa shape index (κ1) is 13.7. The van der Waals surface area contributed by atoms with E-state index in [0.717, 1.165) is 5.69 Å². The summed E-state index contributed by atoms with van der Waals surface area (Å²) in [6.07, 6.45) is 1.82. The van der Waals surface area contributed by atoms with Crippen LogP contribution in [0.15, 0.2) is 36.5 Å². The highest BCUT2D eigenvalue weighted by Crippen LogP contribution is 2.12. The zero-order valence-corrected chi connectivity index (χ0v) is 11.7. The van der Waals surface area contributed by atoms with Crippen LogP contribution in [0.2, 0.25) is 0 Å². The third kappa shape index (κ3) is 3.09. The van der Waals surface area contributed by atoms with E-state index in [9.17, 15) is 13.2 Å². The zero-order valence-electron chi connectivity index (χ0n) is 10.9. The molecule has 1 unspecified atom stereocenters. The molecule has 0 aliphatic carbocycles. The first-order valence-corrected chi connectivity index (χ1v) is 7.97. The molecule has 1 aromatic heterocycles. The molecular weight excluding hydrogens is 294 g/mol. The summed E-state index contributed by atoms with van der Waals surface area (Å²) >= 11 is 0. The van der Waals surface area contributed by atoms with Crippen molar-refractivity contribution in [2.75, 3.05) is 11.1 Å². The lowest BCUT2D eigenvalue weighted by Crippen LogP contribution is -2.37. The largest absolute Gasteiger partial charge is 0.306 e. The van der Waals surface area contributed by atoms with Gasteiger partial charge in [-0.05, 0) is 18.6 Å². The highest BCUT2D eigenvalue weighted by molar-refractivity contribution is 7.89. The van der Waals surface area contributed by atoms with Crippen LogP contribution in [0.1, 0.15) is 6.42 Å². The number of rotatable bonds is 3. The molecule has 0 spiro atoms. The average molecular weight is 307 g/mol. The van der Waals surface area contributed by atoms with Crippen LogP contribution in [-0.4, -0.2) is 41.1 Å². The van der Waals surface area contributed by atoms with Crippen LogP contribution in [0.5, 0.6) is 0 Å². The van der Waals surface area contributed by atoms with Gasteiger partial charge in [0.1, 0.15) is 6.04 Å². The maximum absolute atomic E-state index is 11.9. The lowest BCUT2D eigenvalue weighted by atomic mass is 10.2. The van der Waals surface area contributed by atoms with Crippen LogP contribution in [0, 0.1) is 0 Å². The summed E-state index contributed by atoms with van der Waals surface area (Å²) in [5, 5.41) is 10.3. The first-order chi connectivity index (χ1) is 10.0. The topological polar surface area (TPSA) is 106 Å². The van der Waals surface area contributed by atoms with E-state index in [1.54, 1.807) is 6.20 Å². The van der Waals surface area contributed by atoms with Gasteiger partial charge in [-0.1, -0.05) is 23.4 Å². The minimum Gasteiger partial charge on any atom is -0.306 e. The molecule has 9 heteroatoms. The number of hydrogen-bond acceptors (Lipinski definition) is 5. The molecule has 1 fully saturated rings. The Morgan fingerprint density at radius 1 is 1.33 bits per heavy atom. The first-order valence-electron chi connectivity index (χ1n) is 6.32. The van der Waals surface area contributed by atoms with E-state index in [1.807, 2.05) is 30.3 Å². The lowest BCUT2D eigenvalue weighted by Gasteiger charge is -2.07. The van der Waals surface area contributed by atoms with E-state index < -0.39 is 22.0 Å². The molecule has 21 heavy (non-hydrogen) atoms. The van der Waals surface area contributed by atoms with Gasteiger partial charge in [0, 0.05) is 0 Å². The van der Waals surface area contributed by atoms with Gasteiger partial charge < -0.3 is 5.32 Å². The standard InChI is InChI=1S/C12H13N5O3S/c18-12(10-6-7-21(19,20)15-10)13-11-8-17(16-14-11)9-4-2-1-3-5-9/h1-5,8,10,15H,6-7H2,(H,13,18). The fraction of sp³-hybridized carbons (Fsp3) is 0.250. The van der Waals surface area contributed by atoms with Crippen molar-refractivity contribution in [2.45, 2.75) is 12.5 Å². The summed E-state index contributed by atoms with van der Waals surface area (Å²) in [5.41, 5.74) is 0.812. The summed E-state index contributed by atoms with van der Waals surface area (Å²) in [4.78, 5) is 11.9. The number of benzene rings is 1. The Bertz CT molecular complexity index is 756. The van der Waals surface area contributed by atoms with E-state index in [4.69, 9.17) is 0 Å². The minimum absolute atomic E-state index is 0.0399. The quantitative estimate of drug-likeness (QED) is 0.823. The summed E-state index contributed by atoms with van der Waals surface area (Å²) in [7, 11) is -3.32. The second-order valence-corrected chi connectivity index (χ2v) is 6.52. The molecule has 1 aliphatic rings.